The summed E-state index contributed by atoms with van der Waals surface area (Å²) in [5, 5.41) is 0. The molecule has 0 amide bonds. The zero-order chi connectivity index (χ0) is 10.5. The van der Waals surface area contributed by atoms with Crippen molar-refractivity contribution in [3.8, 4) is 0 Å². The van der Waals surface area contributed by atoms with E-state index in [-0.39, 0.29) is 0 Å². The molecule has 0 aromatic rings. The Morgan fingerprint density at radius 3 is 2.23 bits per heavy atom. The molecule has 0 aromatic heterocycles. The van der Waals surface area contributed by atoms with Crippen molar-refractivity contribution in [2.45, 2.75) is 60.4 Å². The standard InChI is InChI=1S/C10H21N.C2H6/c1-5-11-7-6-10(3,4)8-9(11)2;1-2/h9H,5-8H2,1-4H3;1-2H3. The summed E-state index contributed by atoms with van der Waals surface area (Å²) >= 11 is 0. The van der Waals surface area contributed by atoms with Crippen LogP contribution in [0.5, 0.6) is 0 Å². The number of likely N-dealkylation sites (tertiary alicyclic amines) is 1. The zero-order valence-corrected chi connectivity index (χ0v) is 10.4. The second-order valence-electron chi connectivity index (χ2n) is 4.60. The van der Waals surface area contributed by atoms with Crippen LogP contribution in [0.2, 0.25) is 0 Å². The van der Waals surface area contributed by atoms with Crippen molar-refractivity contribution < 1.29 is 0 Å². The van der Waals surface area contributed by atoms with Gasteiger partial charge in [-0.25, -0.2) is 0 Å². The summed E-state index contributed by atoms with van der Waals surface area (Å²) in [7, 11) is 0. The maximum absolute atomic E-state index is 2.57. The normalized spacial score (nSPS) is 27.7. The van der Waals surface area contributed by atoms with Crippen LogP contribution in [0.1, 0.15) is 54.4 Å². The predicted molar refractivity (Wildman–Crippen MR) is 61.1 cm³/mol. The van der Waals surface area contributed by atoms with Crippen LogP contribution in [-0.2, 0) is 0 Å². The molecule has 1 heterocycles. The Morgan fingerprint density at radius 2 is 1.85 bits per heavy atom. The lowest BCUT2D eigenvalue weighted by Gasteiger charge is -2.41. The largest absolute Gasteiger partial charge is 0.301 e. The summed E-state index contributed by atoms with van der Waals surface area (Å²) in [6.07, 6.45) is 2.73. The van der Waals surface area contributed by atoms with E-state index in [4.69, 9.17) is 0 Å². The molecule has 1 atom stereocenters. The average Bonchev–Trinajstić information content (AvgIpc) is 2.07. The van der Waals surface area contributed by atoms with Crippen LogP contribution in [0.4, 0.5) is 0 Å². The molecule has 1 unspecified atom stereocenters. The Bertz CT molecular complexity index is 129. The lowest BCUT2D eigenvalue weighted by Crippen LogP contribution is -2.43. The molecule has 1 heteroatoms. The molecular formula is C12H27N. The van der Waals surface area contributed by atoms with Gasteiger partial charge in [-0.1, -0.05) is 34.6 Å². The second-order valence-corrected chi connectivity index (χ2v) is 4.60. The van der Waals surface area contributed by atoms with Crippen LogP contribution in [0.3, 0.4) is 0 Å². The summed E-state index contributed by atoms with van der Waals surface area (Å²) < 4.78 is 0. The first-order valence-electron chi connectivity index (χ1n) is 5.79. The zero-order valence-electron chi connectivity index (χ0n) is 10.4. The second kappa shape index (κ2) is 5.64. The van der Waals surface area contributed by atoms with Gasteiger partial charge >= 0.3 is 0 Å². The van der Waals surface area contributed by atoms with E-state index in [1.165, 1.54) is 25.9 Å². The van der Waals surface area contributed by atoms with Crippen LogP contribution in [0.15, 0.2) is 0 Å². The number of piperidine rings is 1. The highest BCUT2D eigenvalue weighted by Gasteiger charge is 2.29. The number of hydrogen-bond donors (Lipinski definition) is 0. The van der Waals surface area contributed by atoms with Gasteiger partial charge in [-0.15, -0.1) is 0 Å². The van der Waals surface area contributed by atoms with Crippen molar-refractivity contribution in [1.82, 2.24) is 4.90 Å². The molecule has 1 aliphatic heterocycles. The molecule has 80 valence electrons. The first-order chi connectivity index (χ1) is 6.05. The Hall–Kier alpha value is -0.0400. The van der Waals surface area contributed by atoms with Crippen molar-refractivity contribution in [1.29, 1.82) is 0 Å². The van der Waals surface area contributed by atoms with Gasteiger partial charge in [-0.05, 0) is 38.3 Å². The minimum atomic E-state index is 0.588. The summed E-state index contributed by atoms with van der Waals surface area (Å²) in [6.45, 7) is 15.9. The van der Waals surface area contributed by atoms with Gasteiger partial charge in [0.05, 0.1) is 0 Å². The van der Waals surface area contributed by atoms with Crippen molar-refractivity contribution in [3.63, 3.8) is 0 Å². The topological polar surface area (TPSA) is 3.24 Å². The summed E-state index contributed by atoms with van der Waals surface area (Å²) in [4.78, 5) is 2.57. The fourth-order valence-electron chi connectivity index (χ4n) is 2.17. The molecule has 1 rings (SSSR count). The van der Waals surface area contributed by atoms with E-state index in [0.29, 0.717) is 5.41 Å². The van der Waals surface area contributed by atoms with Crippen LogP contribution in [0.25, 0.3) is 0 Å². The fourth-order valence-corrected chi connectivity index (χ4v) is 2.17. The lowest BCUT2D eigenvalue weighted by atomic mass is 9.79. The van der Waals surface area contributed by atoms with E-state index in [1.807, 2.05) is 13.8 Å². The van der Waals surface area contributed by atoms with E-state index in [2.05, 4.69) is 32.6 Å². The highest BCUT2D eigenvalue weighted by atomic mass is 15.2. The van der Waals surface area contributed by atoms with Crippen molar-refractivity contribution in [2.24, 2.45) is 5.41 Å². The van der Waals surface area contributed by atoms with Gasteiger partial charge in [-0.3, -0.25) is 0 Å². The number of rotatable bonds is 1. The van der Waals surface area contributed by atoms with Crippen LogP contribution >= 0.6 is 0 Å². The van der Waals surface area contributed by atoms with Crippen molar-refractivity contribution in [3.05, 3.63) is 0 Å². The van der Waals surface area contributed by atoms with Crippen LogP contribution < -0.4 is 0 Å². The third kappa shape index (κ3) is 4.12. The maximum Gasteiger partial charge on any atom is 0.00719 e. The molecule has 0 N–H and O–H groups in total. The Kier molecular flexibility index (Phi) is 5.62. The smallest absolute Gasteiger partial charge is 0.00719 e. The monoisotopic (exact) mass is 185 g/mol. The molecule has 0 bridgehead atoms. The third-order valence-electron chi connectivity index (χ3n) is 2.95. The molecule has 1 nitrogen and oxygen atoms in total. The van der Waals surface area contributed by atoms with E-state index in [9.17, 15) is 0 Å². The van der Waals surface area contributed by atoms with Gasteiger partial charge in [-0.2, -0.15) is 0 Å². The van der Waals surface area contributed by atoms with E-state index >= 15 is 0 Å². The molecule has 0 spiro atoms. The van der Waals surface area contributed by atoms with Crippen LogP contribution in [0, 0.1) is 5.41 Å². The van der Waals surface area contributed by atoms with E-state index < -0.39 is 0 Å². The van der Waals surface area contributed by atoms with Crippen molar-refractivity contribution in [2.75, 3.05) is 13.1 Å². The molecule has 0 aromatic carbocycles. The highest BCUT2D eigenvalue weighted by molar-refractivity contribution is 4.83. The Labute approximate surface area is 84.5 Å². The van der Waals surface area contributed by atoms with Gasteiger partial charge in [0.1, 0.15) is 0 Å². The maximum atomic E-state index is 2.57. The first kappa shape index (κ1) is 13.0. The SMILES string of the molecule is CC.CCN1CCC(C)(C)CC1C. The quantitative estimate of drug-likeness (QED) is 0.604. The highest BCUT2D eigenvalue weighted by Crippen LogP contribution is 2.33. The molecule has 13 heavy (non-hydrogen) atoms. The average molecular weight is 185 g/mol. The third-order valence-corrected chi connectivity index (χ3v) is 2.95. The molecule has 0 aliphatic carbocycles. The van der Waals surface area contributed by atoms with Gasteiger partial charge in [0.2, 0.25) is 0 Å². The van der Waals surface area contributed by atoms with Crippen LogP contribution in [-0.4, -0.2) is 24.0 Å². The fraction of sp³-hybridized carbons (Fsp3) is 1.00. The number of nitrogens with zero attached hydrogens (tertiary/aromatic N) is 1. The van der Waals surface area contributed by atoms with Crippen molar-refractivity contribution >= 4 is 0 Å². The summed E-state index contributed by atoms with van der Waals surface area (Å²) in [6, 6.07) is 0.795. The first-order valence-corrected chi connectivity index (χ1v) is 5.79. The number of hydrogen-bond acceptors (Lipinski definition) is 1. The summed E-state index contributed by atoms with van der Waals surface area (Å²) in [5.74, 6) is 0. The predicted octanol–water partition coefficient (Wildman–Crippen LogP) is 3.54. The van der Waals surface area contributed by atoms with Gasteiger partial charge in [0.15, 0.2) is 0 Å². The van der Waals surface area contributed by atoms with E-state index in [0.717, 1.165) is 6.04 Å². The molecule has 1 fully saturated rings. The van der Waals surface area contributed by atoms with Gasteiger partial charge < -0.3 is 4.90 Å². The van der Waals surface area contributed by atoms with Gasteiger partial charge in [0.25, 0.3) is 0 Å². The molecule has 0 saturated carbocycles. The minimum absolute atomic E-state index is 0.588. The van der Waals surface area contributed by atoms with E-state index in [1.54, 1.807) is 0 Å². The Morgan fingerprint density at radius 1 is 1.31 bits per heavy atom. The lowest BCUT2D eigenvalue weighted by molar-refractivity contribution is 0.0851. The molecule has 1 saturated heterocycles. The Balaban J connectivity index is 0.000000671. The van der Waals surface area contributed by atoms with Gasteiger partial charge in [0, 0.05) is 6.04 Å². The molecular weight excluding hydrogens is 158 g/mol. The molecule has 1 aliphatic rings. The molecule has 0 radical (unpaired) electrons. The minimum Gasteiger partial charge on any atom is -0.301 e. The summed E-state index contributed by atoms with van der Waals surface area (Å²) in [5.41, 5.74) is 0.588.